The van der Waals surface area contributed by atoms with E-state index >= 15 is 0 Å². The third-order valence-electron chi connectivity index (χ3n) is 5.54. The number of benzene rings is 2. The number of carbonyl (C=O) groups is 2. The van der Waals surface area contributed by atoms with Crippen LogP contribution < -0.4 is 10.1 Å². The lowest BCUT2D eigenvalue weighted by Crippen LogP contribution is -2.52. The molecule has 1 unspecified atom stereocenters. The highest BCUT2D eigenvalue weighted by atomic mass is 19.1. The Morgan fingerprint density at radius 1 is 1.10 bits per heavy atom. The molecule has 1 fully saturated rings. The number of halogens is 2. The number of rotatable bonds is 9. The zero-order chi connectivity index (χ0) is 22.2. The van der Waals surface area contributed by atoms with Crippen LogP contribution in [-0.2, 0) is 16.1 Å². The van der Waals surface area contributed by atoms with Crippen LogP contribution >= 0.6 is 0 Å². The zero-order valence-electron chi connectivity index (χ0n) is 17.7. The summed E-state index contributed by atoms with van der Waals surface area (Å²) in [7, 11) is 0. The Labute approximate surface area is 181 Å². The highest BCUT2D eigenvalue weighted by Gasteiger charge is 2.31. The van der Waals surface area contributed by atoms with E-state index < -0.39 is 24.4 Å². The highest BCUT2D eigenvalue weighted by molar-refractivity contribution is 5.88. The van der Waals surface area contributed by atoms with Crippen LogP contribution in [0.2, 0.25) is 0 Å². The van der Waals surface area contributed by atoms with Gasteiger partial charge in [-0.05, 0) is 49.1 Å². The molecule has 3 rings (SSSR count). The molecular weight excluding hydrogens is 402 g/mol. The Balaban J connectivity index is 1.76. The maximum absolute atomic E-state index is 13.9. The Kier molecular flexibility index (Phi) is 7.98. The summed E-state index contributed by atoms with van der Waals surface area (Å²) < 4.78 is 32.6. The van der Waals surface area contributed by atoms with Crippen molar-refractivity contribution in [1.29, 1.82) is 0 Å². The summed E-state index contributed by atoms with van der Waals surface area (Å²) in [4.78, 5) is 27.5. The molecule has 0 aromatic heterocycles. The normalized spacial score (nSPS) is 14.8. The molecule has 0 aliphatic heterocycles. The van der Waals surface area contributed by atoms with Crippen molar-refractivity contribution in [1.82, 2.24) is 10.2 Å². The number of ether oxygens (including phenoxy) is 1. The fraction of sp³-hybridized carbons (Fsp3) is 0.417. The van der Waals surface area contributed by atoms with Crippen LogP contribution in [0.4, 0.5) is 8.78 Å². The summed E-state index contributed by atoms with van der Waals surface area (Å²) in [5.41, 5.74) is 0.688. The lowest BCUT2D eigenvalue weighted by atomic mass is 10.1. The maximum atomic E-state index is 13.9. The van der Waals surface area contributed by atoms with Crippen molar-refractivity contribution in [2.45, 2.75) is 57.7 Å². The molecule has 2 amide bonds. The van der Waals surface area contributed by atoms with Gasteiger partial charge in [0.2, 0.25) is 5.91 Å². The highest BCUT2D eigenvalue weighted by Crippen LogP contribution is 2.20. The van der Waals surface area contributed by atoms with Gasteiger partial charge in [-0.1, -0.05) is 44.0 Å². The average Bonchev–Trinajstić information content (AvgIpc) is 3.27. The van der Waals surface area contributed by atoms with Crippen molar-refractivity contribution in [2.75, 3.05) is 6.61 Å². The molecule has 0 radical (unpaired) electrons. The van der Waals surface area contributed by atoms with Crippen molar-refractivity contribution < 1.29 is 23.1 Å². The van der Waals surface area contributed by atoms with Crippen molar-refractivity contribution in [2.24, 2.45) is 0 Å². The molecule has 0 saturated heterocycles. The molecule has 1 atom stereocenters. The van der Waals surface area contributed by atoms with Gasteiger partial charge in [-0.15, -0.1) is 0 Å². The van der Waals surface area contributed by atoms with E-state index in [2.05, 4.69) is 5.32 Å². The van der Waals surface area contributed by atoms with Crippen LogP contribution in [0.3, 0.4) is 0 Å². The van der Waals surface area contributed by atoms with Crippen molar-refractivity contribution in [3.63, 3.8) is 0 Å². The summed E-state index contributed by atoms with van der Waals surface area (Å²) in [5, 5.41) is 3.05. The topological polar surface area (TPSA) is 58.6 Å². The Bertz CT molecular complexity index is 883. The van der Waals surface area contributed by atoms with E-state index in [9.17, 15) is 18.4 Å². The van der Waals surface area contributed by atoms with Gasteiger partial charge in [-0.3, -0.25) is 9.59 Å². The maximum Gasteiger partial charge on any atom is 0.261 e. The van der Waals surface area contributed by atoms with Gasteiger partial charge in [0.1, 0.15) is 11.9 Å². The molecule has 0 spiro atoms. The first-order chi connectivity index (χ1) is 15.0. The van der Waals surface area contributed by atoms with Crippen LogP contribution in [0, 0.1) is 11.6 Å². The summed E-state index contributed by atoms with van der Waals surface area (Å²) in [5.74, 6) is -1.63. The van der Waals surface area contributed by atoms with Crippen molar-refractivity contribution in [3.05, 3.63) is 65.7 Å². The zero-order valence-corrected chi connectivity index (χ0v) is 17.7. The van der Waals surface area contributed by atoms with Gasteiger partial charge in [0.15, 0.2) is 18.2 Å². The van der Waals surface area contributed by atoms with Crippen LogP contribution in [-0.4, -0.2) is 35.4 Å². The van der Waals surface area contributed by atoms with E-state index in [4.69, 9.17) is 4.74 Å². The molecule has 0 heterocycles. The third kappa shape index (κ3) is 6.26. The second-order valence-electron chi connectivity index (χ2n) is 7.78. The molecule has 166 valence electrons. The lowest BCUT2D eigenvalue weighted by molar-refractivity contribution is -0.143. The van der Waals surface area contributed by atoms with Gasteiger partial charge in [-0.25, -0.2) is 8.78 Å². The average molecular weight is 430 g/mol. The molecule has 1 N–H and O–H groups in total. The SMILES string of the molecule is CCC(C(=O)NC1CCCC1)N(Cc1ccc(F)cc1)C(=O)COc1ccccc1F. The van der Waals surface area contributed by atoms with E-state index in [0.717, 1.165) is 25.7 Å². The molecule has 31 heavy (non-hydrogen) atoms. The molecule has 2 aromatic carbocycles. The summed E-state index contributed by atoms with van der Waals surface area (Å²) in [6, 6.07) is 11.0. The quantitative estimate of drug-likeness (QED) is 0.648. The van der Waals surface area contributed by atoms with Gasteiger partial charge in [0.25, 0.3) is 5.91 Å². The minimum absolute atomic E-state index is 0.0268. The van der Waals surface area contributed by atoms with Crippen molar-refractivity contribution >= 4 is 11.8 Å². The first kappa shape index (κ1) is 22.7. The number of nitrogens with one attached hydrogen (secondary N) is 1. The minimum atomic E-state index is -0.706. The number of hydrogen-bond acceptors (Lipinski definition) is 3. The molecule has 1 aliphatic rings. The predicted molar refractivity (Wildman–Crippen MR) is 113 cm³/mol. The van der Waals surface area contributed by atoms with E-state index in [1.54, 1.807) is 18.2 Å². The second-order valence-corrected chi connectivity index (χ2v) is 7.78. The van der Waals surface area contributed by atoms with E-state index in [1.807, 2.05) is 6.92 Å². The molecule has 1 aliphatic carbocycles. The molecule has 2 aromatic rings. The van der Waals surface area contributed by atoms with E-state index in [1.165, 1.54) is 35.2 Å². The van der Waals surface area contributed by atoms with Gasteiger partial charge in [0, 0.05) is 12.6 Å². The smallest absolute Gasteiger partial charge is 0.261 e. The van der Waals surface area contributed by atoms with Crippen LogP contribution in [0.15, 0.2) is 48.5 Å². The van der Waals surface area contributed by atoms with Gasteiger partial charge >= 0.3 is 0 Å². The minimum Gasteiger partial charge on any atom is -0.481 e. The Morgan fingerprint density at radius 3 is 2.42 bits per heavy atom. The number of hydrogen-bond donors (Lipinski definition) is 1. The summed E-state index contributed by atoms with van der Waals surface area (Å²) in [6.07, 6.45) is 4.44. The summed E-state index contributed by atoms with van der Waals surface area (Å²) >= 11 is 0. The summed E-state index contributed by atoms with van der Waals surface area (Å²) in [6.45, 7) is 1.55. The first-order valence-corrected chi connectivity index (χ1v) is 10.7. The number of nitrogens with zero attached hydrogens (tertiary/aromatic N) is 1. The monoisotopic (exact) mass is 430 g/mol. The molecule has 5 nitrogen and oxygen atoms in total. The number of para-hydroxylation sites is 1. The van der Waals surface area contributed by atoms with E-state index in [-0.39, 0.29) is 30.1 Å². The van der Waals surface area contributed by atoms with Gasteiger partial charge < -0.3 is 15.0 Å². The lowest BCUT2D eigenvalue weighted by Gasteiger charge is -2.31. The second kappa shape index (κ2) is 10.9. The molecular formula is C24H28F2N2O3. The largest absolute Gasteiger partial charge is 0.481 e. The predicted octanol–water partition coefficient (Wildman–Crippen LogP) is 4.21. The fourth-order valence-corrected chi connectivity index (χ4v) is 3.86. The number of carbonyl (C=O) groups excluding carboxylic acids is 2. The Morgan fingerprint density at radius 2 is 1.77 bits per heavy atom. The number of amides is 2. The van der Waals surface area contributed by atoms with E-state index in [0.29, 0.717) is 12.0 Å². The van der Waals surface area contributed by atoms with Crippen LogP contribution in [0.1, 0.15) is 44.6 Å². The van der Waals surface area contributed by atoms with Crippen LogP contribution in [0.25, 0.3) is 0 Å². The third-order valence-corrected chi connectivity index (χ3v) is 5.54. The molecule has 7 heteroatoms. The van der Waals surface area contributed by atoms with Crippen LogP contribution in [0.5, 0.6) is 5.75 Å². The van der Waals surface area contributed by atoms with Gasteiger partial charge in [-0.2, -0.15) is 0 Å². The molecule has 1 saturated carbocycles. The first-order valence-electron chi connectivity index (χ1n) is 10.7. The molecule has 0 bridgehead atoms. The van der Waals surface area contributed by atoms with Crippen molar-refractivity contribution in [3.8, 4) is 5.75 Å². The fourth-order valence-electron chi connectivity index (χ4n) is 3.86. The van der Waals surface area contributed by atoms with Gasteiger partial charge in [0.05, 0.1) is 0 Å². The standard InChI is InChI=1S/C24H28F2N2O3/c1-2-21(24(30)27-19-7-3-4-8-19)28(15-17-11-13-18(25)14-12-17)23(29)16-31-22-10-6-5-9-20(22)26/h5-6,9-14,19,21H,2-4,7-8,15-16H2,1H3,(H,27,30). The Hall–Kier alpha value is -2.96.